The number of carbonyl (C=O) groups excluding carboxylic acids is 1. The number of para-hydroxylation sites is 5. The van der Waals surface area contributed by atoms with Gasteiger partial charge in [0.2, 0.25) is 0 Å². The molecule has 0 saturated heterocycles. The molecule has 0 aliphatic carbocycles. The van der Waals surface area contributed by atoms with E-state index in [1.165, 1.54) is 0 Å². The Kier molecular flexibility index (Phi) is 6.78. The Bertz CT molecular complexity index is 1250. The number of aromatic nitrogens is 2. The number of nitrogens with zero attached hydrogens (tertiary/aromatic N) is 2. The quantitative estimate of drug-likeness (QED) is 0.407. The monoisotopic (exact) mass is 445 g/mol. The molecule has 0 bridgehead atoms. The number of hydrogen-bond acceptors (Lipinski definition) is 5. The van der Waals surface area contributed by atoms with Gasteiger partial charge >= 0.3 is 0 Å². The van der Waals surface area contributed by atoms with E-state index in [2.05, 4.69) is 9.88 Å². The van der Waals surface area contributed by atoms with Crippen LogP contribution in [0.1, 0.15) is 29.1 Å². The van der Waals surface area contributed by atoms with Gasteiger partial charge in [0.1, 0.15) is 18.2 Å². The van der Waals surface area contributed by atoms with E-state index in [1.54, 1.807) is 26.4 Å². The van der Waals surface area contributed by atoms with E-state index in [0.717, 1.165) is 16.9 Å². The van der Waals surface area contributed by atoms with Crippen molar-refractivity contribution in [1.82, 2.24) is 14.9 Å². The molecular weight excluding hydrogens is 418 g/mol. The second kappa shape index (κ2) is 10.1. The van der Waals surface area contributed by atoms with Gasteiger partial charge in [-0.25, -0.2) is 4.98 Å². The average molecular weight is 446 g/mol. The molecule has 0 fully saturated rings. The lowest BCUT2D eigenvalue weighted by molar-refractivity contribution is 0.0934. The second-order valence-electron chi connectivity index (χ2n) is 7.51. The molecule has 0 spiro atoms. The normalized spacial score (nSPS) is 11.7. The molecule has 3 aromatic carbocycles. The summed E-state index contributed by atoms with van der Waals surface area (Å²) in [6.45, 7) is 2.90. The molecule has 1 N–H and O–H groups in total. The van der Waals surface area contributed by atoms with E-state index in [-0.39, 0.29) is 11.9 Å². The van der Waals surface area contributed by atoms with Gasteiger partial charge in [-0.15, -0.1) is 0 Å². The van der Waals surface area contributed by atoms with Crippen LogP contribution in [0.3, 0.4) is 0 Å². The van der Waals surface area contributed by atoms with Crippen molar-refractivity contribution in [2.45, 2.75) is 19.5 Å². The first-order valence-corrected chi connectivity index (χ1v) is 10.8. The van der Waals surface area contributed by atoms with E-state index in [4.69, 9.17) is 19.2 Å². The fourth-order valence-corrected chi connectivity index (χ4v) is 3.82. The van der Waals surface area contributed by atoms with Crippen LogP contribution in [0.15, 0.2) is 72.8 Å². The van der Waals surface area contributed by atoms with Crippen molar-refractivity contribution in [2.75, 3.05) is 20.8 Å². The summed E-state index contributed by atoms with van der Waals surface area (Å²) in [4.78, 5) is 17.7. The summed E-state index contributed by atoms with van der Waals surface area (Å²) in [5.41, 5.74) is 2.33. The summed E-state index contributed by atoms with van der Waals surface area (Å²) >= 11 is 0. The van der Waals surface area contributed by atoms with Gasteiger partial charge in [0.25, 0.3) is 5.91 Å². The smallest absolute Gasteiger partial charge is 0.255 e. The number of methoxy groups -OCH3 is 2. The second-order valence-corrected chi connectivity index (χ2v) is 7.51. The predicted molar refractivity (Wildman–Crippen MR) is 127 cm³/mol. The molecule has 1 unspecified atom stereocenters. The first-order chi connectivity index (χ1) is 16.1. The Hall–Kier alpha value is -4.00. The third kappa shape index (κ3) is 4.77. The van der Waals surface area contributed by atoms with Crippen molar-refractivity contribution >= 4 is 16.9 Å². The van der Waals surface area contributed by atoms with Crippen LogP contribution in [-0.4, -0.2) is 36.3 Å². The molecule has 1 aromatic heterocycles. The number of benzene rings is 3. The highest BCUT2D eigenvalue weighted by molar-refractivity contribution is 5.97. The van der Waals surface area contributed by atoms with Crippen molar-refractivity contribution in [3.63, 3.8) is 0 Å². The molecular formula is C26H27N3O4. The van der Waals surface area contributed by atoms with Crippen LogP contribution >= 0.6 is 0 Å². The maximum Gasteiger partial charge on any atom is 0.255 e. The summed E-state index contributed by atoms with van der Waals surface area (Å²) in [6, 6.07) is 22.3. The van der Waals surface area contributed by atoms with Gasteiger partial charge in [0, 0.05) is 0 Å². The molecule has 170 valence electrons. The van der Waals surface area contributed by atoms with Crippen LogP contribution < -0.4 is 19.5 Å². The van der Waals surface area contributed by atoms with Crippen LogP contribution in [-0.2, 0) is 6.54 Å². The van der Waals surface area contributed by atoms with Crippen molar-refractivity contribution < 1.29 is 19.0 Å². The van der Waals surface area contributed by atoms with Gasteiger partial charge < -0.3 is 24.1 Å². The molecule has 1 heterocycles. The summed E-state index contributed by atoms with van der Waals surface area (Å²) in [5.74, 6) is 2.43. The number of nitrogens with one attached hydrogen (secondary N) is 1. The van der Waals surface area contributed by atoms with Crippen molar-refractivity contribution in [1.29, 1.82) is 0 Å². The van der Waals surface area contributed by atoms with Crippen LogP contribution in [0.2, 0.25) is 0 Å². The summed E-state index contributed by atoms with van der Waals surface area (Å²) < 4.78 is 18.8. The lowest BCUT2D eigenvalue weighted by atomic mass is 10.1. The summed E-state index contributed by atoms with van der Waals surface area (Å²) in [7, 11) is 3.17. The number of hydrogen-bond donors (Lipinski definition) is 1. The Morgan fingerprint density at radius 3 is 2.30 bits per heavy atom. The number of fused-ring (bicyclic) bond motifs is 1. The topological polar surface area (TPSA) is 74.6 Å². The summed E-state index contributed by atoms with van der Waals surface area (Å²) in [5, 5.41) is 3.05. The highest BCUT2D eigenvalue weighted by atomic mass is 16.5. The molecule has 0 aliphatic rings. The molecule has 1 atom stereocenters. The van der Waals surface area contributed by atoms with Gasteiger partial charge in [-0.3, -0.25) is 4.79 Å². The van der Waals surface area contributed by atoms with Crippen molar-refractivity contribution in [3.8, 4) is 17.2 Å². The van der Waals surface area contributed by atoms with Crippen LogP contribution in [0.25, 0.3) is 11.0 Å². The van der Waals surface area contributed by atoms with Gasteiger partial charge in [-0.05, 0) is 43.3 Å². The number of amides is 1. The fraction of sp³-hybridized carbons (Fsp3) is 0.231. The van der Waals surface area contributed by atoms with Crippen LogP contribution in [0, 0.1) is 0 Å². The molecule has 0 saturated carbocycles. The lowest BCUT2D eigenvalue weighted by Gasteiger charge is -2.18. The minimum absolute atomic E-state index is 0.219. The lowest BCUT2D eigenvalue weighted by Crippen LogP contribution is -2.29. The van der Waals surface area contributed by atoms with Gasteiger partial charge in [-0.1, -0.05) is 36.4 Å². The molecule has 0 radical (unpaired) electrons. The standard InChI is InChI=1S/C26H27N3O4/c1-18(27-26(30)19-10-4-7-13-22(19)31-2)25-28-20-11-5-6-12-21(20)29(25)16-17-33-24-15-9-8-14-23(24)32-3/h4-15,18H,16-17H2,1-3H3,(H,27,30). The Morgan fingerprint density at radius 2 is 1.55 bits per heavy atom. The number of ether oxygens (including phenoxy) is 3. The number of carbonyl (C=O) groups is 1. The van der Waals surface area contributed by atoms with Crippen LogP contribution in [0.5, 0.6) is 17.2 Å². The van der Waals surface area contributed by atoms with Crippen molar-refractivity contribution in [2.24, 2.45) is 0 Å². The molecule has 4 rings (SSSR count). The third-order valence-corrected chi connectivity index (χ3v) is 5.41. The van der Waals surface area contributed by atoms with E-state index in [0.29, 0.717) is 36.0 Å². The van der Waals surface area contributed by atoms with Gasteiger partial charge in [0.05, 0.1) is 43.4 Å². The molecule has 7 heteroatoms. The SMILES string of the molecule is COc1ccccc1OCCn1c(C(C)NC(=O)c2ccccc2OC)nc2ccccc21. The Labute approximate surface area is 192 Å². The first-order valence-electron chi connectivity index (χ1n) is 10.8. The van der Waals surface area contributed by atoms with Gasteiger partial charge in [-0.2, -0.15) is 0 Å². The fourth-order valence-electron chi connectivity index (χ4n) is 3.82. The zero-order chi connectivity index (χ0) is 23.2. The molecule has 4 aromatic rings. The molecule has 33 heavy (non-hydrogen) atoms. The van der Waals surface area contributed by atoms with E-state index in [9.17, 15) is 4.79 Å². The molecule has 7 nitrogen and oxygen atoms in total. The van der Waals surface area contributed by atoms with Crippen molar-refractivity contribution in [3.05, 3.63) is 84.2 Å². The highest BCUT2D eigenvalue weighted by Gasteiger charge is 2.20. The summed E-state index contributed by atoms with van der Waals surface area (Å²) in [6.07, 6.45) is 0. The Morgan fingerprint density at radius 1 is 0.909 bits per heavy atom. The van der Waals surface area contributed by atoms with Crippen LogP contribution in [0.4, 0.5) is 0 Å². The Balaban J connectivity index is 1.56. The number of rotatable bonds is 9. The zero-order valence-electron chi connectivity index (χ0n) is 18.9. The zero-order valence-corrected chi connectivity index (χ0v) is 18.9. The maximum atomic E-state index is 12.9. The van der Waals surface area contributed by atoms with Gasteiger partial charge in [0.15, 0.2) is 11.5 Å². The molecule has 1 amide bonds. The third-order valence-electron chi connectivity index (χ3n) is 5.41. The maximum absolute atomic E-state index is 12.9. The van der Waals surface area contributed by atoms with E-state index in [1.807, 2.05) is 67.6 Å². The minimum Gasteiger partial charge on any atom is -0.496 e. The molecule has 0 aliphatic heterocycles. The largest absolute Gasteiger partial charge is 0.496 e. The number of imidazole rings is 1. The minimum atomic E-state index is -0.332. The average Bonchev–Trinajstić information content (AvgIpc) is 3.23. The highest BCUT2D eigenvalue weighted by Crippen LogP contribution is 2.27. The first kappa shape index (κ1) is 22.2. The van der Waals surface area contributed by atoms with E-state index >= 15 is 0 Å². The van der Waals surface area contributed by atoms with E-state index < -0.39 is 0 Å². The predicted octanol–water partition coefficient (Wildman–Crippen LogP) is 4.62.